The molecule has 1 aliphatic rings. The van der Waals surface area contributed by atoms with Crippen molar-refractivity contribution in [1.82, 2.24) is 0 Å². The van der Waals surface area contributed by atoms with Gasteiger partial charge in [0.1, 0.15) is 0 Å². The number of hydrogen-bond acceptors (Lipinski definition) is 1. The summed E-state index contributed by atoms with van der Waals surface area (Å²) in [5.41, 5.74) is 8.49. The topological polar surface area (TPSA) is 43.1 Å². The molecule has 0 spiro atoms. The van der Waals surface area contributed by atoms with Crippen LogP contribution in [0.25, 0.3) is 0 Å². The Balaban J connectivity index is 2.27. The van der Waals surface area contributed by atoms with Gasteiger partial charge in [-0.1, -0.05) is 54.6 Å². The third kappa shape index (κ3) is 1.75. The number of nitrogens with two attached hydrogens (primary N) is 1. The molecule has 19 heavy (non-hydrogen) atoms. The van der Waals surface area contributed by atoms with Crippen molar-refractivity contribution >= 4 is 5.91 Å². The van der Waals surface area contributed by atoms with Crippen LogP contribution in [0.1, 0.15) is 29.5 Å². The zero-order chi connectivity index (χ0) is 13.3. The van der Waals surface area contributed by atoms with Crippen LogP contribution < -0.4 is 5.73 Å². The van der Waals surface area contributed by atoms with Crippen LogP contribution in [0.2, 0.25) is 0 Å². The van der Waals surface area contributed by atoms with Crippen LogP contribution in [-0.2, 0) is 16.6 Å². The number of carbonyl (C=O) groups is 1. The van der Waals surface area contributed by atoms with Crippen LogP contribution in [0, 0.1) is 0 Å². The molecule has 1 atom stereocenters. The second-order valence-electron chi connectivity index (χ2n) is 5.15. The number of aryl methyl sites for hydroxylation is 1. The average Bonchev–Trinajstić information content (AvgIpc) is 2.47. The van der Waals surface area contributed by atoms with Gasteiger partial charge in [0.05, 0.1) is 5.41 Å². The Bertz CT molecular complexity index is 606. The molecule has 0 heterocycles. The molecule has 2 nitrogen and oxygen atoms in total. The van der Waals surface area contributed by atoms with Crippen LogP contribution in [0.5, 0.6) is 0 Å². The van der Waals surface area contributed by atoms with Gasteiger partial charge in [0, 0.05) is 0 Å². The third-order valence-electron chi connectivity index (χ3n) is 4.16. The molecule has 0 bridgehead atoms. The molecule has 0 unspecified atom stereocenters. The van der Waals surface area contributed by atoms with Gasteiger partial charge in [0.2, 0.25) is 5.91 Å². The van der Waals surface area contributed by atoms with Crippen molar-refractivity contribution in [3.05, 3.63) is 71.3 Å². The van der Waals surface area contributed by atoms with E-state index in [1.807, 2.05) is 48.5 Å². The van der Waals surface area contributed by atoms with Gasteiger partial charge in [-0.15, -0.1) is 0 Å². The number of amides is 1. The molecular formula is C17H17NO. The fourth-order valence-electron chi connectivity index (χ4n) is 3.25. The molecule has 2 heteroatoms. The van der Waals surface area contributed by atoms with E-state index in [1.54, 1.807) is 0 Å². The van der Waals surface area contributed by atoms with E-state index in [1.165, 1.54) is 5.56 Å². The van der Waals surface area contributed by atoms with Gasteiger partial charge in [-0.3, -0.25) is 4.79 Å². The number of benzene rings is 2. The number of primary amides is 1. The second-order valence-corrected chi connectivity index (χ2v) is 5.15. The number of carbonyl (C=O) groups excluding carboxylic acids is 1. The minimum absolute atomic E-state index is 0.245. The summed E-state index contributed by atoms with van der Waals surface area (Å²) in [7, 11) is 0. The lowest BCUT2D eigenvalue weighted by Crippen LogP contribution is -2.44. The summed E-state index contributed by atoms with van der Waals surface area (Å²) in [6.45, 7) is 0. The molecule has 1 aliphatic carbocycles. The Morgan fingerprint density at radius 2 is 1.68 bits per heavy atom. The van der Waals surface area contributed by atoms with Crippen LogP contribution in [0.4, 0.5) is 0 Å². The highest BCUT2D eigenvalue weighted by molar-refractivity contribution is 5.91. The van der Waals surface area contributed by atoms with Gasteiger partial charge < -0.3 is 5.73 Å². The fourth-order valence-corrected chi connectivity index (χ4v) is 3.25. The zero-order valence-electron chi connectivity index (χ0n) is 10.8. The minimum Gasteiger partial charge on any atom is -0.369 e. The van der Waals surface area contributed by atoms with Gasteiger partial charge in [-0.05, 0) is 36.0 Å². The summed E-state index contributed by atoms with van der Waals surface area (Å²) in [5.74, 6) is -0.245. The normalized spacial score (nSPS) is 21.7. The van der Waals surface area contributed by atoms with Crippen LogP contribution >= 0.6 is 0 Å². The SMILES string of the molecule is NC(=O)[C@]1(c2ccccc2)CCCc2ccccc21. The van der Waals surface area contributed by atoms with E-state index in [2.05, 4.69) is 6.07 Å². The van der Waals surface area contributed by atoms with E-state index < -0.39 is 5.41 Å². The Morgan fingerprint density at radius 1 is 1.00 bits per heavy atom. The predicted molar refractivity (Wildman–Crippen MR) is 75.8 cm³/mol. The number of fused-ring (bicyclic) bond motifs is 1. The molecule has 96 valence electrons. The van der Waals surface area contributed by atoms with E-state index in [0.29, 0.717) is 0 Å². The minimum atomic E-state index is -0.657. The molecule has 0 saturated carbocycles. The zero-order valence-corrected chi connectivity index (χ0v) is 10.8. The highest BCUT2D eigenvalue weighted by Gasteiger charge is 2.43. The first kappa shape index (κ1) is 12.0. The molecule has 0 aromatic heterocycles. The number of rotatable bonds is 2. The monoisotopic (exact) mass is 251 g/mol. The molecule has 3 rings (SSSR count). The second kappa shape index (κ2) is 4.54. The van der Waals surface area contributed by atoms with Crippen molar-refractivity contribution in [2.75, 3.05) is 0 Å². The van der Waals surface area contributed by atoms with Crippen molar-refractivity contribution in [1.29, 1.82) is 0 Å². The third-order valence-corrected chi connectivity index (χ3v) is 4.16. The molecule has 0 radical (unpaired) electrons. The maximum absolute atomic E-state index is 12.3. The molecular weight excluding hydrogens is 234 g/mol. The maximum Gasteiger partial charge on any atom is 0.232 e. The first-order chi connectivity index (χ1) is 9.25. The van der Waals surface area contributed by atoms with Crippen LogP contribution in [0.3, 0.4) is 0 Å². The van der Waals surface area contributed by atoms with E-state index >= 15 is 0 Å². The summed E-state index contributed by atoms with van der Waals surface area (Å²) < 4.78 is 0. The van der Waals surface area contributed by atoms with Crippen molar-refractivity contribution in [2.45, 2.75) is 24.7 Å². The van der Waals surface area contributed by atoms with Gasteiger partial charge >= 0.3 is 0 Å². The highest BCUT2D eigenvalue weighted by atomic mass is 16.1. The van der Waals surface area contributed by atoms with Gasteiger partial charge in [-0.2, -0.15) is 0 Å². The Labute approximate surface area is 113 Å². The molecule has 0 fully saturated rings. The van der Waals surface area contributed by atoms with Crippen molar-refractivity contribution in [3.63, 3.8) is 0 Å². The van der Waals surface area contributed by atoms with Crippen molar-refractivity contribution in [2.24, 2.45) is 5.73 Å². The van der Waals surface area contributed by atoms with E-state index in [0.717, 1.165) is 30.4 Å². The average molecular weight is 251 g/mol. The summed E-state index contributed by atoms with van der Waals surface area (Å²) in [6.07, 6.45) is 2.82. The lowest BCUT2D eigenvalue weighted by Gasteiger charge is -2.37. The molecule has 2 aromatic carbocycles. The molecule has 1 amide bonds. The van der Waals surface area contributed by atoms with E-state index in [9.17, 15) is 4.79 Å². The molecule has 2 aromatic rings. The Kier molecular flexibility index (Phi) is 2.86. The molecule has 0 aliphatic heterocycles. The lowest BCUT2D eigenvalue weighted by molar-refractivity contribution is -0.122. The molecule has 2 N–H and O–H groups in total. The largest absolute Gasteiger partial charge is 0.369 e. The summed E-state index contributed by atoms with van der Waals surface area (Å²) in [4.78, 5) is 12.3. The van der Waals surface area contributed by atoms with Crippen LogP contribution in [-0.4, -0.2) is 5.91 Å². The van der Waals surface area contributed by atoms with Gasteiger partial charge in [0.25, 0.3) is 0 Å². The summed E-state index contributed by atoms with van der Waals surface area (Å²) in [5, 5.41) is 0. The van der Waals surface area contributed by atoms with Crippen molar-refractivity contribution < 1.29 is 4.79 Å². The van der Waals surface area contributed by atoms with Gasteiger partial charge in [-0.25, -0.2) is 0 Å². The van der Waals surface area contributed by atoms with E-state index in [-0.39, 0.29) is 5.91 Å². The lowest BCUT2D eigenvalue weighted by atomic mass is 9.65. The quantitative estimate of drug-likeness (QED) is 0.876. The predicted octanol–water partition coefficient (Wildman–Crippen LogP) is 2.79. The standard InChI is InChI=1S/C17H17NO/c18-16(19)17(14-9-2-1-3-10-14)12-6-8-13-7-4-5-11-15(13)17/h1-5,7,9-11H,6,8,12H2,(H2,18,19)/t17-/m0/s1. The van der Waals surface area contributed by atoms with Crippen LogP contribution in [0.15, 0.2) is 54.6 Å². The smallest absolute Gasteiger partial charge is 0.232 e. The van der Waals surface area contributed by atoms with Gasteiger partial charge in [0.15, 0.2) is 0 Å². The Hall–Kier alpha value is -2.09. The molecule has 0 saturated heterocycles. The first-order valence-corrected chi connectivity index (χ1v) is 6.69. The summed E-state index contributed by atoms with van der Waals surface area (Å²) >= 11 is 0. The van der Waals surface area contributed by atoms with Crippen molar-refractivity contribution in [3.8, 4) is 0 Å². The summed E-state index contributed by atoms with van der Waals surface area (Å²) in [6, 6.07) is 18.1. The fraction of sp³-hybridized carbons (Fsp3) is 0.235. The maximum atomic E-state index is 12.3. The highest BCUT2D eigenvalue weighted by Crippen LogP contribution is 2.42. The number of hydrogen-bond donors (Lipinski definition) is 1. The Morgan fingerprint density at radius 3 is 2.42 bits per heavy atom. The van der Waals surface area contributed by atoms with E-state index in [4.69, 9.17) is 5.73 Å². The first-order valence-electron chi connectivity index (χ1n) is 6.69.